The number of carbonyl (C=O) groups is 1. The number of hydrogen-bond donors (Lipinski definition) is 1. The van der Waals surface area contributed by atoms with Gasteiger partial charge in [-0.2, -0.15) is 5.10 Å². The van der Waals surface area contributed by atoms with E-state index >= 15 is 0 Å². The third-order valence-corrected chi connectivity index (χ3v) is 5.23. The Morgan fingerprint density at radius 3 is 2.41 bits per heavy atom. The van der Waals surface area contributed by atoms with Gasteiger partial charge in [0.2, 0.25) is 5.13 Å². The van der Waals surface area contributed by atoms with Crippen LogP contribution in [0.25, 0.3) is 11.3 Å². The van der Waals surface area contributed by atoms with Crippen molar-refractivity contribution in [2.24, 2.45) is 5.10 Å². The average Bonchev–Trinajstić information content (AvgIpc) is 3.24. The number of halogens is 2. The monoisotopic (exact) mass is 449 g/mol. The molecule has 8 heteroatoms. The maximum atomic E-state index is 13.7. The molecule has 0 bridgehead atoms. The molecule has 0 radical (unpaired) electrons. The molecule has 0 fully saturated rings. The number of aryl methyl sites for hydroxylation is 1. The number of aromatic nitrogens is 1. The largest absolute Gasteiger partial charge is 0.423 e. The van der Waals surface area contributed by atoms with Crippen molar-refractivity contribution in [2.75, 3.05) is 5.43 Å². The van der Waals surface area contributed by atoms with Crippen LogP contribution in [-0.2, 0) is 0 Å². The van der Waals surface area contributed by atoms with E-state index in [2.05, 4.69) is 15.5 Å². The second-order valence-corrected chi connectivity index (χ2v) is 7.69. The van der Waals surface area contributed by atoms with Crippen molar-refractivity contribution in [3.63, 3.8) is 0 Å². The molecule has 5 nitrogen and oxygen atoms in total. The fourth-order valence-electron chi connectivity index (χ4n) is 2.82. The SMILES string of the molecule is Cc1ccc(-c2csc(N/N=C\c3ccc(OC(=O)c4c(F)cccc4F)cc3)n2)cc1. The number of rotatable bonds is 6. The van der Waals surface area contributed by atoms with Gasteiger partial charge in [-0.3, -0.25) is 5.43 Å². The normalized spacial score (nSPS) is 11.0. The number of hydrazone groups is 1. The lowest BCUT2D eigenvalue weighted by Gasteiger charge is -2.06. The van der Waals surface area contributed by atoms with Gasteiger partial charge in [-0.05, 0) is 48.9 Å². The highest BCUT2D eigenvalue weighted by molar-refractivity contribution is 7.14. The molecule has 0 unspecified atom stereocenters. The van der Waals surface area contributed by atoms with Crippen LogP contribution in [0, 0.1) is 18.6 Å². The first kappa shape index (κ1) is 21.3. The van der Waals surface area contributed by atoms with Gasteiger partial charge in [0.25, 0.3) is 0 Å². The van der Waals surface area contributed by atoms with E-state index in [0.29, 0.717) is 5.13 Å². The minimum atomic E-state index is -1.10. The van der Waals surface area contributed by atoms with Crippen LogP contribution in [0.3, 0.4) is 0 Å². The quantitative estimate of drug-likeness (QED) is 0.168. The number of ether oxygens (including phenoxy) is 1. The van der Waals surface area contributed by atoms with Crippen molar-refractivity contribution in [3.8, 4) is 17.0 Å². The predicted octanol–water partition coefficient (Wildman–Crippen LogP) is 6.06. The molecule has 160 valence electrons. The number of hydrogen-bond acceptors (Lipinski definition) is 6. The number of nitrogens with zero attached hydrogens (tertiary/aromatic N) is 2. The Morgan fingerprint density at radius 2 is 1.72 bits per heavy atom. The molecular weight excluding hydrogens is 432 g/mol. The molecule has 0 saturated heterocycles. The van der Waals surface area contributed by atoms with Gasteiger partial charge in [-0.1, -0.05) is 35.9 Å². The minimum absolute atomic E-state index is 0.158. The van der Waals surface area contributed by atoms with Gasteiger partial charge in [0.15, 0.2) is 0 Å². The van der Waals surface area contributed by atoms with Crippen molar-refractivity contribution in [2.45, 2.75) is 6.92 Å². The summed E-state index contributed by atoms with van der Waals surface area (Å²) in [6.07, 6.45) is 1.58. The Labute approximate surface area is 187 Å². The Morgan fingerprint density at radius 1 is 1.03 bits per heavy atom. The molecule has 0 aliphatic rings. The Hall–Kier alpha value is -3.91. The first-order chi connectivity index (χ1) is 15.5. The number of benzene rings is 3. The van der Waals surface area contributed by atoms with Gasteiger partial charge in [-0.25, -0.2) is 18.6 Å². The van der Waals surface area contributed by atoms with Crippen molar-refractivity contribution < 1.29 is 18.3 Å². The number of esters is 1. The lowest BCUT2D eigenvalue weighted by molar-refractivity contribution is 0.0724. The number of anilines is 1. The maximum Gasteiger partial charge on any atom is 0.349 e. The second-order valence-electron chi connectivity index (χ2n) is 6.83. The molecule has 0 aliphatic heterocycles. The lowest BCUT2D eigenvalue weighted by Crippen LogP contribution is -2.13. The number of nitrogens with one attached hydrogen (secondary N) is 1. The van der Waals surface area contributed by atoms with Crippen LogP contribution in [-0.4, -0.2) is 17.2 Å². The highest BCUT2D eigenvalue weighted by Crippen LogP contribution is 2.25. The highest BCUT2D eigenvalue weighted by atomic mass is 32.1. The fourth-order valence-corrected chi connectivity index (χ4v) is 3.49. The van der Waals surface area contributed by atoms with Crippen LogP contribution >= 0.6 is 11.3 Å². The van der Waals surface area contributed by atoms with E-state index in [-0.39, 0.29) is 5.75 Å². The highest BCUT2D eigenvalue weighted by Gasteiger charge is 2.19. The van der Waals surface area contributed by atoms with Crippen LogP contribution in [0.4, 0.5) is 13.9 Å². The molecule has 32 heavy (non-hydrogen) atoms. The molecule has 0 atom stereocenters. The summed E-state index contributed by atoms with van der Waals surface area (Å²) in [6, 6.07) is 17.6. The first-order valence-electron chi connectivity index (χ1n) is 9.57. The van der Waals surface area contributed by atoms with E-state index < -0.39 is 23.2 Å². The lowest BCUT2D eigenvalue weighted by atomic mass is 10.1. The maximum absolute atomic E-state index is 13.7. The van der Waals surface area contributed by atoms with Gasteiger partial charge in [0, 0.05) is 10.9 Å². The Kier molecular flexibility index (Phi) is 6.32. The second kappa shape index (κ2) is 9.49. The van der Waals surface area contributed by atoms with Crippen LogP contribution in [0.5, 0.6) is 5.75 Å². The number of thiazole rings is 1. The molecule has 3 aromatic carbocycles. The third-order valence-electron chi connectivity index (χ3n) is 4.48. The van der Waals surface area contributed by atoms with Gasteiger partial charge in [0.05, 0.1) is 11.9 Å². The minimum Gasteiger partial charge on any atom is -0.423 e. The van der Waals surface area contributed by atoms with Crippen LogP contribution in [0.2, 0.25) is 0 Å². The van der Waals surface area contributed by atoms with Crippen LogP contribution in [0.1, 0.15) is 21.5 Å². The Balaban J connectivity index is 1.36. The van der Waals surface area contributed by atoms with Crippen molar-refractivity contribution in [1.82, 2.24) is 4.98 Å². The molecule has 1 heterocycles. The zero-order valence-electron chi connectivity index (χ0n) is 16.9. The van der Waals surface area contributed by atoms with Gasteiger partial charge in [-0.15, -0.1) is 11.3 Å². The van der Waals surface area contributed by atoms with E-state index in [1.807, 2.05) is 36.6 Å². The first-order valence-corrected chi connectivity index (χ1v) is 10.5. The van der Waals surface area contributed by atoms with E-state index in [9.17, 15) is 13.6 Å². The van der Waals surface area contributed by atoms with E-state index in [0.717, 1.165) is 29.0 Å². The molecule has 0 saturated carbocycles. The molecule has 0 aliphatic carbocycles. The average molecular weight is 449 g/mol. The zero-order chi connectivity index (χ0) is 22.5. The topological polar surface area (TPSA) is 63.6 Å². The van der Waals surface area contributed by atoms with E-state index in [4.69, 9.17) is 4.74 Å². The van der Waals surface area contributed by atoms with Gasteiger partial charge < -0.3 is 4.74 Å². The molecule has 1 aromatic heterocycles. The Bertz CT molecular complexity index is 1250. The summed E-state index contributed by atoms with van der Waals surface area (Å²) in [5.74, 6) is -2.89. The molecule has 4 aromatic rings. The summed E-state index contributed by atoms with van der Waals surface area (Å²) < 4.78 is 32.4. The summed E-state index contributed by atoms with van der Waals surface area (Å²) in [4.78, 5) is 16.6. The number of carbonyl (C=O) groups excluding carboxylic acids is 1. The zero-order valence-corrected chi connectivity index (χ0v) is 17.7. The van der Waals surface area contributed by atoms with Crippen LogP contribution in [0.15, 0.2) is 77.2 Å². The summed E-state index contributed by atoms with van der Waals surface area (Å²) in [5.41, 5.74) is 5.97. The molecule has 4 rings (SSSR count). The standard InChI is InChI=1S/C24H17F2N3O2S/c1-15-5-9-17(10-6-15)21-14-32-24(28-21)29-27-13-16-7-11-18(12-8-16)31-23(30)22-19(25)3-2-4-20(22)26/h2-14H,1H3,(H,28,29)/b27-13-. The summed E-state index contributed by atoms with van der Waals surface area (Å²) in [5, 5.41) is 6.76. The smallest absolute Gasteiger partial charge is 0.349 e. The fraction of sp³-hybridized carbons (Fsp3) is 0.0417. The van der Waals surface area contributed by atoms with E-state index in [1.54, 1.807) is 18.3 Å². The molecule has 0 spiro atoms. The third kappa shape index (κ3) is 5.04. The summed E-state index contributed by atoms with van der Waals surface area (Å²) in [7, 11) is 0. The van der Waals surface area contributed by atoms with Gasteiger partial charge >= 0.3 is 5.97 Å². The predicted molar refractivity (Wildman–Crippen MR) is 121 cm³/mol. The van der Waals surface area contributed by atoms with Crippen LogP contribution < -0.4 is 10.2 Å². The van der Waals surface area contributed by atoms with Crippen molar-refractivity contribution in [3.05, 3.63) is 100 Å². The molecule has 1 N–H and O–H groups in total. The molecule has 0 amide bonds. The van der Waals surface area contributed by atoms with Crippen molar-refractivity contribution >= 4 is 28.7 Å². The molecular formula is C24H17F2N3O2S. The van der Waals surface area contributed by atoms with Crippen molar-refractivity contribution in [1.29, 1.82) is 0 Å². The van der Waals surface area contributed by atoms with Gasteiger partial charge in [0.1, 0.15) is 22.9 Å². The van der Waals surface area contributed by atoms with E-state index in [1.165, 1.54) is 35.1 Å². The summed E-state index contributed by atoms with van der Waals surface area (Å²) in [6.45, 7) is 2.03. The summed E-state index contributed by atoms with van der Waals surface area (Å²) >= 11 is 1.44.